The largest absolute Gasteiger partial charge is 0.330 e. The molecule has 1 rings (SSSR count). The molecule has 0 aliphatic heterocycles. The first-order valence-corrected chi connectivity index (χ1v) is 4.94. The maximum Gasteiger partial charge on any atom is 0.229 e. The molecule has 0 fully saturated rings. The van der Waals surface area contributed by atoms with Crippen LogP contribution in [0, 0.1) is 12.8 Å². The highest BCUT2D eigenvalue weighted by molar-refractivity contribution is 7.14. The molecular formula is C8H15Cl2N3OS. The van der Waals surface area contributed by atoms with Crippen molar-refractivity contribution in [1.29, 1.82) is 0 Å². The van der Waals surface area contributed by atoms with E-state index in [-0.39, 0.29) is 36.6 Å². The van der Waals surface area contributed by atoms with Gasteiger partial charge in [0.1, 0.15) is 5.00 Å². The van der Waals surface area contributed by atoms with Crippen LogP contribution in [-0.2, 0) is 4.79 Å². The number of hydrogen-bond acceptors (Lipinski definition) is 4. The third kappa shape index (κ3) is 4.79. The molecule has 0 aliphatic rings. The summed E-state index contributed by atoms with van der Waals surface area (Å²) in [7, 11) is 0. The first-order valence-electron chi connectivity index (χ1n) is 4.06. The van der Waals surface area contributed by atoms with E-state index in [0.717, 1.165) is 10.7 Å². The maximum atomic E-state index is 11.4. The van der Waals surface area contributed by atoms with E-state index in [0.29, 0.717) is 6.54 Å². The van der Waals surface area contributed by atoms with Gasteiger partial charge in [0.25, 0.3) is 0 Å². The Balaban J connectivity index is 0. The third-order valence-corrected chi connectivity index (χ3v) is 2.63. The van der Waals surface area contributed by atoms with Gasteiger partial charge in [-0.3, -0.25) is 4.79 Å². The van der Waals surface area contributed by atoms with Gasteiger partial charge < -0.3 is 11.1 Å². The predicted octanol–water partition coefficient (Wildman–Crippen LogP) is 1.83. The maximum absolute atomic E-state index is 11.4. The minimum absolute atomic E-state index is 0. The summed E-state index contributed by atoms with van der Waals surface area (Å²) in [5.41, 5.74) is 7.92. The summed E-state index contributed by atoms with van der Waals surface area (Å²) < 4.78 is 0. The van der Waals surface area contributed by atoms with Gasteiger partial charge in [-0.2, -0.15) is 0 Å². The monoisotopic (exact) mass is 271 g/mol. The van der Waals surface area contributed by atoms with Crippen LogP contribution in [-0.4, -0.2) is 17.4 Å². The number of aryl methyl sites for hydroxylation is 1. The summed E-state index contributed by atoms with van der Waals surface area (Å²) in [5.74, 6) is -0.198. The Morgan fingerprint density at radius 1 is 1.67 bits per heavy atom. The zero-order valence-electron chi connectivity index (χ0n) is 8.52. The van der Waals surface area contributed by atoms with Crippen molar-refractivity contribution in [3.63, 3.8) is 0 Å². The Morgan fingerprint density at radius 2 is 2.27 bits per heavy atom. The molecule has 0 bridgehead atoms. The number of nitrogens with zero attached hydrogens (tertiary/aromatic N) is 1. The molecule has 0 aromatic carbocycles. The average molecular weight is 272 g/mol. The molecule has 1 unspecified atom stereocenters. The number of nitrogens with one attached hydrogen (secondary N) is 1. The number of halogens is 2. The number of nitrogens with two attached hydrogens (primary N) is 1. The summed E-state index contributed by atoms with van der Waals surface area (Å²) in [5, 5.41) is 3.59. The third-order valence-electron chi connectivity index (χ3n) is 1.78. The van der Waals surface area contributed by atoms with Crippen LogP contribution in [0.5, 0.6) is 0 Å². The molecular weight excluding hydrogens is 257 g/mol. The van der Waals surface area contributed by atoms with Crippen LogP contribution in [0.25, 0.3) is 0 Å². The molecule has 1 atom stereocenters. The summed E-state index contributed by atoms with van der Waals surface area (Å²) in [6.07, 6.45) is 0. The molecule has 0 aliphatic carbocycles. The van der Waals surface area contributed by atoms with Crippen LogP contribution < -0.4 is 11.1 Å². The molecule has 1 heterocycles. The van der Waals surface area contributed by atoms with Gasteiger partial charge >= 0.3 is 0 Å². The van der Waals surface area contributed by atoms with Crippen LogP contribution in [0.4, 0.5) is 5.00 Å². The van der Waals surface area contributed by atoms with Gasteiger partial charge in [-0.05, 0) is 6.92 Å². The zero-order chi connectivity index (χ0) is 9.84. The van der Waals surface area contributed by atoms with E-state index in [9.17, 15) is 4.79 Å². The molecule has 3 N–H and O–H groups in total. The highest BCUT2D eigenvalue weighted by Crippen LogP contribution is 2.19. The topological polar surface area (TPSA) is 68.0 Å². The van der Waals surface area contributed by atoms with Crippen LogP contribution in [0.1, 0.15) is 12.6 Å². The number of carbonyl (C=O) groups excluding carboxylic acids is 1. The molecule has 0 saturated heterocycles. The first-order chi connectivity index (χ1) is 6.15. The van der Waals surface area contributed by atoms with E-state index in [1.54, 1.807) is 12.4 Å². The molecule has 0 radical (unpaired) electrons. The molecule has 1 amide bonds. The number of amides is 1. The Kier molecular flexibility index (Phi) is 8.95. The van der Waals surface area contributed by atoms with Gasteiger partial charge in [0.15, 0.2) is 0 Å². The van der Waals surface area contributed by atoms with Crippen molar-refractivity contribution in [3.8, 4) is 0 Å². The van der Waals surface area contributed by atoms with Gasteiger partial charge in [-0.15, -0.1) is 36.2 Å². The quantitative estimate of drug-likeness (QED) is 0.882. The summed E-state index contributed by atoms with van der Waals surface area (Å²) in [6, 6.07) is 0. The number of thiazole rings is 1. The number of anilines is 1. The Morgan fingerprint density at radius 3 is 2.67 bits per heavy atom. The molecule has 0 spiro atoms. The molecule has 0 saturated carbocycles. The van der Waals surface area contributed by atoms with Crippen molar-refractivity contribution < 1.29 is 4.79 Å². The minimum Gasteiger partial charge on any atom is -0.330 e. The van der Waals surface area contributed by atoms with Crippen LogP contribution >= 0.6 is 36.2 Å². The number of aromatic nitrogens is 1. The standard InChI is InChI=1S/C8H13N3OS.2ClH/c1-5(3-9)7(12)11-8-6(2)10-4-13-8;;/h4-5H,3,9H2,1-2H3,(H,11,12);2*1H. The lowest BCUT2D eigenvalue weighted by Crippen LogP contribution is -2.26. The lowest BCUT2D eigenvalue weighted by molar-refractivity contribution is -0.119. The van der Waals surface area contributed by atoms with Gasteiger partial charge in [0, 0.05) is 12.5 Å². The highest BCUT2D eigenvalue weighted by Gasteiger charge is 2.12. The minimum atomic E-state index is -0.151. The second-order valence-electron chi connectivity index (χ2n) is 2.89. The number of carbonyl (C=O) groups is 1. The second-order valence-corrected chi connectivity index (χ2v) is 3.75. The summed E-state index contributed by atoms with van der Waals surface area (Å²) >= 11 is 1.42. The molecule has 4 nitrogen and oxygen atoms in total. The van der Waals surface area contributed by atoms with Crippen LogP contribution in [0.2, 0.25) is 0 Å². The van der Waals surface area contributed by atoms with E-state index >= 15 is 0 Å². The van der Waals surface area contributed by atoms with E-state index in [1.807, 2.05) is 6.92 Å². The van der Waals surface area contributed by atoms with Gasteiger partial charge in [-0.25, -0.2) is 4.98 Å². The fraction of sp³-hybridized carbons (Fsp3) is 0.500. The first kappa shape index (κ1) is 17.0. The van der Waals surface area contributed by atoms with Gasteiger partial charge in [0.2, 0.25) is 5.91 Å². The predicted molar refractivity (Wildman–Crippen MR) is 68.2 cm³/mol. The van der Waals surface area contributed by atoms with E-state index in [1.165, 1.54) is 11.3 Å². The fourth-order valence-corrected chi connectivity index (χ4v) is 1.46. The van der Waals surface area contributed by atoms with Crippen molar-refractivity contribution in [2.45, 2.75) is 13.8 Å². The van der Waals surface area contributed by atoms with Gasteiger partial charge in [0.05, 0.1) is 11.2 Å². The van der Waals surface area contributed by atoms with Crippen molar-refractivity contribution in [1.82, 2.24) is 4.98 Å². The van der Waals surface area contributed by atoms with Crippen molar-refractivity contribution in [3.05, 3.63) is 11.2 Å². The molecule has 7 heteroatoms. The lowest BCUT2D eigenvalue weighted by Gasteiger charge is -2.07. The molecule has 88 valence electrons. The Labute approximate surface area is 105 Å². The van der Waals surface area contributed by atoms with E-state index in [4.69, 9.17) is 5.73 Å². The van der Waals surface area contributed by atoms with Crippen molar-refractivity contribution in [2.24, 2.45) is 11.7 Å². The zero-order valence-corrected chi connectivity index (χ0v) is 11.0. The van der Waals surface area contributed by atoms with Crippen molar-refractivity contribution in [2.75, 3.05) is 11.9 Å². The molecule has 1 aromatic rings. The molecule has 1 aromatic heterocycles. The normalized spacial score (nSPS) is 10.9. The molecule has 15 heavy (non-hydrogen) atoms. The van der Waals surface area contributed by atoms with Crippen molar-refractivity contribution >= 4 is 47.1 Å². The fourth-order valence-electron chi connectivity index (χ4n) is 0.764. The number of hydrogen-bond donors (Lipinski definition) is 2. The second kappa shape index (κ2) is 7.87. The smallest absolute Gasteiger partial charge is 0.229 e. The Hall–Kier alpha value is -0.360. The van der Waals surface area contributed by atoms with E-state index < -0.39 is 0 Å². The Bertz CT molecular complexity index is 306. The van der Waals surface area contributed by atoms with Crippen LogP contribution in [0.15, 0.2) is 5.51 Å². The average Bonchev–Trinajstić information content (AvgIpc) is 2.50. The van der Waals surface area contributed by atoms with Crippen LogP contribution in [0.3, 0.4) is 0 Å². The number of rotatable bonds is 3. The van der Waals surface area contributed by atoms with Gasteiger partial charge in [-0.1, -0.05) is 6.92 Å². The summed E-state index contributed by atoms with van der Waals surface area (Å²) in [4.78, 5) is 15.4. The highest BCUT2D eigenvalue weighted by atomic mass is 35.5. The lowest BCUT2D eigenvalue weighted by atomic mass is 10.2. The summed E-state index contributed by atoms with van der Waals surface area (Å²) in [6.45, 7) is 4.02. The van der Waals surface area contributed by atoms with E-state index in [2.05, 4.69) is 10.3 Å². The SMILES string of the molecule is Cc1ncsc1NC(=O)C(C)CN.Cl.Cl.